The molecular weight excluding hydrogens is 263 g/mol. The number of fused-ring (bicyclic) bond motifs is 1. The standard InChI is InChI=1S/C13H11FN4O2/c1-2-18-11-4-3-8(14)7-10(11)15-13(18)16-12(19)9-5-6-20-17-9/h3-7H,2H2,1H3,(H,15,16,19). The fourth-order valence-corrected chi connectivity index (χ4v) is 2.01. The van der Waals surface area contributed by atoms with Crippen molar-refractivity contribution in [2.75, 3.05) is 5.32 Å². The molecule has 0 unspecified atom stereocenters. The Balaban J connectivity index is 2.00. The third-order valence-electron chi connectivity index (χ3n) is 2.92. The number of rotatable bonds is 3. The Labute approximate surface area is 113 Å². The van der Waals surface area contributed by atoms with Gasteiger partial charge in [-0.25, -0.2) is 9.37 Å². The number of amides is 1. The summed E-state index contributed by atoms with van der Waals surface area (Å²) in [5.74, 6) is -0.446. The van der Waals surface area contributed by atoms with Gasteiger partial charge in [0.15, 0.2) is 5.69 Å². The molecule has 3 rings (SSSR count). The predicted molar refractivity (Wildman–Crippen MR) is 69.8 cm³/mol. The molecule has 3 aromatic rings. The number of halogens is 1. The summed E-state index contributed by atoms with van der Waals surface area (Å²) in [7, 11) is 0. The van der Waals surface area contributed by atoms with Crippen LogP contribution in [0.25, 0.3) is 11.0 Å². The number of aryl methyl sites for hydroxylation is 1. The Morgan fingerprint density at radius 3 is 3.00 bits per heavy atom. The summed E-state index contributed by atoms with van der Waals surface area (Å²) in [6.07, 6.45) is 1.31. The number of benzene rings is 1. The SMILES string of the molecule is CCn1c(NC(=O)c2ccon2)nc2cc(F)ccc21. The molecule has 0 bridgehead atoms. The first-order valence-electron chi connectivity index (χ1n) is 6.06. The van der Waals surface area contributed by atoms with Gasteiger partial charge in [-0.2, -0.15) is 0 Å². The number of aromatic nitrogens is 3. The van der Waals surface area contributed by atoms with Crippen LogP contribution < -0.4 is 5.32 Å². The highest BCUT2D eigenvalue weighted by molar-refractivity contribution is 6.02. The van der Waals surface area contributed by atoms with Crippen LogP contribution in [0.1, 0.15) is 17.4 Å². The van der Waals surface area contributed by atoms with Gasteiger partial charge in [-0.15, -0.1) is 0 Å². The van der Waals surface area contributed by atoms with E-state index < -0.39 is 5.91 Å². The van der Waals surface area contributed by atoms with Gasteiger partial charge in [-0.3, -0.25) is 10.1 Å². The highest BCUT2D eigenvalue weighted by Gasteiger charge is 2.15. The molecule has 1 N–H and O–H groups in total. The summed E-state index contributed by atoms with van der Waals surface area (Å²) < 4.78 is 19.6. The van der Waals surface area contributed by atoms with E-state index in [-0.39, 0.29) is 11.5 Å². The first kappa shape index (κ1) is 12.3. The van der Waals surface area contributed by atoms with Crippen LogP contribution in [-0.4, -0.2) is 20.6 Å². The molecule has 0 radical (unpaired) electrons. The van der Waals surface area contributed by atoms with Crippen LogP contribution in [0, 0.1) is 5.82 Å². The van der Waals surface area contributed by atoms with Gasteiger partial charge in [0.05, 0.1) is 11.0 Å². The van der Waals surface area contributed by atoms with Gasteiger partial charge in [-0.05, 0) is 19.1 Å². The van der Waals surface area contributed by atoms with Crippen molar-refractivity contribution < 1.29 is 13.7 Å². The molecule has 6 nitrogen and oxygen atoms in total. The van der Waals surface area contributed by atoms with Crippen molar-refractivity contribution >= 4 is 22.9 Å². The number of hydrogen-bond donors (Lipinski definition) is 1. The van der Waals surface area contributed by atoms with Crippen LogP contribution in [0.5, 0.6) is 0 Å². The fraction of sp³-hybridized carbons (Fsp3) is 0.154. The zero-order valence-electron chi connectivity index (χ0n) is 10.6. The van der Waals surface area contributed by atoms with E-state index >= 15 is 0 Å². The molecule has 2 aromatic heterocycles. The van der Waals surface area contributed by atoms with E-state index in [2.05, 4.69) is 20.0 Å². The van der Waals surface area contributed by atoms with Crippen LogP contribution in [0.3, 0.4) is 0 Å². The Hall–Kier alpha value is -2.70. The third-order valence-corrected chi connectivity index (χ3v) is 2.92. The minimum absolute atomic E-state index is 0.158. The van der Waals surface area contributed by atoms with Crippen molar-refractivity contribution in [1.29, 1.82) is 0 Å². The van der Waals surface area contributed by atoms with Gasteiger partial charge in [0.25, 0.3) is 5.91 Å². The molecule has 0 spiro atoms. The number of hydrogen-bond acceptors (Lipinski definition) is 4. The van der Waals surface area contributed by atoms with Crippen LogP contribution in [0.2, 0.25) is 0 Å². The maximum absolute atomic E-state index is 13.2. The van der Waals surface area contributed by atoms with Gasteiger partial charge in [0.2, 0.25) is 5.95 Å². The lowest BCUT2D eigenvalue weighted by Gasteiger charge is -2.05. The highest BCUT2D eigenvalue weighted by Crippen LogP contribution is 2.21. The summed E-state index contributed by atoms with van der Waals surface area (Å²) in [5.41, 5.74) is 1.40. The lowest BCUT2D eigenvalue weighted by atomic mass is 10.3. The summed E-state index contributed by atoms with van der Waals surface area (Å²) in [6.45, 7) is 2.51. The predicted octanol–water partition coefficient (Wildman–Crippen LogP) is 2.44. The summed E-state index contributed by atoms with van der Waals surface area (Å²) in [4.78, 5) is 16.2. The summed E-state index contributed by atoms with van der Waals surface area (Å²) >= 11 is 0. The molecule has 102 valence electrons. The molecule has 0 aliphatic carbocycles. The molecule has 0 saturated heterocycles. The van der Waals surface area contributed by atoms with E-state index in [1.807, 2.05) is 6.92 Å². The summed E-state index contributed by atoms with van der Waals surface area (Å²) in [5, 5.41) is 6.19. The first-order chi connectivity index (χ1) is 9.69. The topological polar surface area (TPSA) is 73.0 Å². The van der Waals surface area contributed by atoms with E-state index in [1.54, 1.807) is 10.6 Å². The lowest BCUT2D eigenvalue weighted by Crippen LogP contribution is -2.16. The molecular formula is C13H11FN4O2. The summed E-state index contributed by atoms with van der Waals surface area (Å²) in [6, 6.07) is 5.77. The third kappa shape index (κ3) is 2.03. The van der Waals surface area contributed by atoms with Gasteiger partial charge in [0.1, 0.15) is 12.1 Å². The van der Waals surface area contributed by atoms with E-state index in [1.165, 1.54) is 24.5 Å². The normalized spacial score (nSPS) is 10.9. The number of anilines is 1. The molecule has 20 heavy (non-hydrogen) atoms. The van der Waals surface area contributed by atoms with Crippen molar-refractivity contribution in [2.24, 2.45) is 0 Å². The second kappa shape index (κ2) is 4.76. The first-order valence-corrected chi connectivity index (χ1v) is 6.06. The molecule has 2 heterocycles. The van der Waals surface area contributed by atoms with E-state index in [0.29, 0.717) is 18.0 Å². The minimum atomic E-state index is -0.427. The van der Waals surface area contributed by atoms with Crippen LogP contribution in [-0.2, 0) is 6.54 Å². The minimum Gasteiger partial charge on any atom is -0.364 e. The van der Waals surface area contributed by atoms with Crippen LogP contribution in [0.15, 0.2) is 35.1 Å². The van der Waals surface area contributed by atoms with Gasteiger partial charge < -0.3 is 9.09 Å². The van der Waals surface area contributed by atoms with Crippen molar-refractivity contribution in [1.82, 2.24) is 14.7 Å². The number of nitrogens with one attached hydrogen (secondary N) is 1. The molecule has 0 fully saturated rings. The molecule has 0 atom stereocenters. The van der Waals surface area contributed by atoms with Gasteiger partial charge in [0, 0.05) is 18.7 Å². The number of nitrogens with zero attached hydrogens (tertiary/aromatic N) is 3. The van der Waals surface area contributed by atoms with E-state index in [0.717, 1.165) is 5.52 Å². The second-order valence-corrected chi connectivity index (χ2v) is 4.15. The molecule has 7 heteroatoms. The van der Waals surface area contributed by atoms with Crippen molar-refractivity contribution in [3.63, 3.8) is 0 Å². The maximum atomic E-state index is 13.2. The molecule has 0 aliphatic rings. The van der Waals surface area contributed by atoms with Crippen molar-refractivity contribution in [2.45, 2.75) is 13.5 Å². The Kier molecular flexibility index (Phi) is 2.94. The fourth-order valence-electron chi connectivity index (χ4n) is 2.01. The van der Waals surface area contributed by atoms with Crippen molar-refractivity contribution in [3.8, 4) is 0 Å². The van der Waals surface area contributed by atoms with Crippen molar-refractivity contribution in [3.05, 3.63) is 42.0 Å². The highest BCUT2D eigenvalue weighted by atomic mass is 19.1. The van der Waals surface area contributed by atoms with Crippen LogP contribution in [0.4, 0.5) is 10.3 Å². The van der Waals surface area contributed by atoms with E-state index in [4.69, 9.17) is 0 Å². The maximum Gasteiger partial charge on any atom is 0.280 e. The lowest BCUT2D eigenvalue weighted by molar-refractivity contribution is 0.101. The average Bonchev–Trinajstić information content (AvgIpc) is 3.04. The van der Waals surface area contributed by atoms with Gasteiger partial charge in [-0.1, -0.05) is 5.16 Å². The van der Waals surface area contributed by atoms with E-state index in [9.17, 15) is 9.18 Å². The average molecular weight is 274 g/mol. The Morgan fingerprint density at radius 2 is 2.30 bits per heavy atom. The number of carbonyl (C=O) groups excluding carboxylic acids is 1. The molecule has 0 saturated carbocycles. The Bertz CT molecular complexity index is 764. The number of imidazole rings is 1. The van der Waals surface area contributed by atoms with Gasteiger partial charge >= 0.3 is 0 Å². The Morgan fingerprint density at radius 1 is 1.45 bits per heavy atom. The molecule has 1 aromatic carbocycles. The smallest absolute Gasteiger partial charge is 0.280 e. The number of carbonyl (C=O) groups is 1. The monoisotopic (exact) mass is 274 g/mol. The zero-order chi connectivity index (χ0) is 14.1. The van der Waals surface area contributed by atoms with Crippen LogP contribution >= 0.6 is 0 Å². The zero-order valence-corrected chi connectivity index (χ0v) is 10.6. The molecule has 1 amide bonds. The quantitative estimate of drug-likeness (QED) is 0.796. The molecule has 0 aliphatic heterocycles. The largest absolute Gasteiger partial charge is 0.364 e. The second-order valence-electron chi connectivity index (χ2n) is 4.15.